The maximum Gasteiger partial charge on any atom is 0.143 e. The maximum atomic E-state index is 12.0. The third kappa shape index (κ3) is 10.0. The second kappa shape index (κ2) is 16.1. The quantitative estimate of drug-likeness (QED) is 0.0740. The molecule has 0 radical (unpaired) electrons. The van der Waals surface area contributed by atoms with Crippen molar-refractivity contribution in [2.45, 2.75) is 18.1 Å². The number of nitrogens with two attached hydrogens (primary N) is 4. The van der Waals surface area contributed by atoms with Crippen molar-refractivity contribution in [1.29, 1.82) is 0 Å². The molecule has 0 spiro atoms. The number of hydrogen-bond acceptors (Lipinski definition) is 8. The molecule has 0 aliphatic carbocycles. The van der Waals surface area contributed by atoms with Crippen LogP contribution in [0.2, 0.25) is 0 Å². The molecule has 0 amide bonds. The Morgan fingerprint density at radius 2 is 0.812 bits per heavy atom. The van der Waals surface area contributed by atoms with Crippen LogP contribution < -0.4 is 32.4 Å². The highest BCUT2D eigenvalue weighted by Gasteiger charge is 2.14. The van der Waals surface area contributed by atoms with Gasteiger partial charge in [-0.15, -0.1) is 0 Å². The van der Waals surface area contributed by atoms with Crippen LogP contribution in [0, 0.1) is 0 Å². The Bertz CT molecular complexity index is 1850. The fourth-order valence-electron chi connectivity index (χ4n) is 4.93. The third-order valence-corrected chi connectivity index (χ3v) is 8.39. The molecular weight excluding hydrogens is 621 g/mol. The molecular formula is C39H38N4O4S. The molecule has 0 aliphatic rings. The van der Waals surface area contributed by atoms with Crippen LogP contribution in [0.1, 0.15) is 11.1 Å². The summed E-state index contributed by atoms with van der Waals surface area (Å²) in [5.41, 5.74) is 29.7. The summed E-state index contributed by atoms with van der Waals surface area (Å²) in [5, 5.41) is -0.517. The number of anilines is 4. The zero-order chi connectivity index (χ0) is 33.9. The molecule has 0 aromatic heterocycles. The first-order valence-corrected chi connectivity index (χ1v) is 16.5. The van der Waals surface area contributed by atoms with Crippen molar-refractivity contribution in [3.05, 3.63) is 157 Å². The second-order valence-electron chi connectivity index (χ2n) is 11.2. The molecule has 244 valence electrons. The highest BCUT2D eigenvalue weighted by Crippen LogP contribution is 2.26. The molecule has 0 aliphatic heterocycles. The largest absolute Gasteiger partial charge is 0.457 e. The van der Waals surface area contributed by atoms with Crippen molar-refractivity contribution >= 4 is 33.5 Å². The zero-order valence-corrected chi connectivity index (χ0v) is 27.1. The predicted octanol–water partition coefficient (Wildman–Crippen LogP) is 7.72. The van der Waals surface area contributed by atoms with Crippen molar-refractivity contribution in [2.75, 3.05) is 22.9 Å². The van der Waals surface area contributed by atoms with Crippen molar-refractivity contribution < 1.29 is 17.9 Å². The van der Waals surface area contributed by atoms with Crippen LogP contribution in [0.4, 0.5) is 22.7 Å². The maximum absolute atomic E-state index is 12.0. The molecule has 8 N–H and O–H groups in total. The minimum absolute atomic E-state index is 0.415. The molecule has 0 saturated carbocycles. The molecule has 6 rings (SSSR count). The molecule has 0 unspecified atom stereocenters. The van der Waals surface area contributed by atoms with E-state index in [-0.39, 0.29) is 0 Å². The fourth-order valence-corrected chi connectivity index (χ4v) is 5.65. The molecule has 8 nitrogen and oxygen atoms in total. The van der Waals surface area contributed by atoms with Gasteiger partial charge in [-0.25, -0.2) is 8.42 Å². The summed E-state index contributed by atoms with van der Waals surface area (Å²) < 4.78 is 35.5. The van der Waals surface area contributed by atoms with E-state index >= 15 is 0 Å². The third-order valence-electron chi connectivity index (χ3n) is 7.43. The number of rotatable bonds is 10. The van der Waals surface area contributed by atoms with Crippen molar-refractivity contribution in [3.8, 4) is 34.1 Å². The van der Waals surface area contributed by atoms with Gasteiger partial charge in [0, 0.05) is 34.9 Å². The topological polar surface area (TPSA) is 157 Å². The Kier molecular flexibility index (Phi) is 11.2. The van der Waals surface area contributed by atoms with E-state index in [1.165, 1.54) is 0 Å². The van der Waals surface area contributed by atoms with Crippen molar-refractivity contribution in [3.63, 3.8) is 0 Å². The van der Waals surface area contributed by atoms with E-state index < -0.39 is 16.0 Å². The summed E-state index contributed by atoms with van der Waals surface area (Å²) in [4.78, 5) is 0. The summed E-state index contributed by atoms with van der Waals surface area (Å²) in [6, 6.07) is 44.8. The number of benzene rings is 6. The Morgan fingerprint density at radius 3 is 1.15 bits per heavy atom. The standard InChI is InChI=1S/C27H26N2O4S.C12H12N2/c28-21-3-1-5-25(17-21)32-23-11-7-19(8-12-23)15-27(34(30)31)16-20-9-13-24(14-10-20)33-26-6-2-4-22(29)18-26;13-11-5-1-9(2-6-11)10-3-7-12(14)8-4-10/h1-14,17-18,27,34H,15-16,28-29H2;1-8H,13-14H2. The summed E-state index contributed by atoms with van der Waals surface area (Å²) >= 11 is 0. The van der Waals surface area contributed by atoms with E-state index in [2.05, 4.69) is 0 Å². The minimum Gasteiger partial charge on any atom is -0.457 e. The average Bonchev–Trinajstić information content (AvgIpc) is 3.07. The van der Waals surface area contributed by atoms with Crippen LogP contribution in [-0.2, 0) is 23.5 Å². The van der Waals surface area contributed by atoms with Gasteiger partial charge in [0.25, 0.3) is 0 Å². The van der Waals surface area contributed by atoms with E-state index in [1.54, 1.807) is 24.3 Å². The van der Waals surface area contributed by atoms with Gasteiger partial charge in [0.2, 0.25) is 0 Å². The Hall–Kier alpha value is -5.93. The summed E-state index contributed by atoms with van der Waals surface area (Å²) in [6.07, 6.45) is 0.831. The van der Waals surface area contributed by atoms with E-state index in [9.17, 15) is 8.42 Å². The first-order valence-electron chi connectivity index (χ1n) is 15.3. The van der Waals surface area contributed by atoms with Gasteiger partial charge in [-0.3, -0.25) is 0 Å². The van der Waals surface area contributed by atoms with Crippen molar-refractivity contribution in [2.24, 2.45) is 0 Å². The van der Waals surface area contributed by atoms with Crippen LogP contribution in [-0.4, -0.2) is 13.7 Å². The zero-order valence-electron chi connectivity index (χ0n) is 26.2. The van der Waals surface area contributed by atoms with Gasteiger partial charge in [-0.1, -0.05) is 60.7 Å². The molecule has 0 atom stereocenters. The number of hydrogen-bond donors (Lipinski definition) is 5. The molecule has 0 heterocycles. The first-order chi connectivity index (χ1) is 23.2. The molecule has 6 aromatic carbocycles. The van der Waals surface area contributed by atoms with Crippen LogP contribution in [0.5, 0.6) is 23.0 Å². The molecule has 9 heteroatoms. The lowest BCUT2D eigenvalue weighted by atomic mass is 10.0. The van der Waals surface area contributed by atoms with Gasteiger partial charge in [0.1, 0.15) is 33.7 Å². The number of nitrogen functional groups attached to an aromatic ring is 4. The smallest absolute Gasteiger partial charge is 0.143 e. The highest BCUT2D eigenvalue weighted by atomic mass is 32.2. The van der Waals surface area contributed by atoms with E-state index in [4.69, 9.17) is 32.4 Å². The average molecular weight is 659 g/mol. The normalized spacial score (nSPS) is 10.7. The number of thiol groups is 1. The first kappa shape index (κ1) is 33.4. The van der Waals surface area contributed by atoms with Gasteiger partial charge in [-0.2, -0.15) is 0 Å². The summed E-state index contributed by atoms with van der Waals surface area (Å²) in [5.74, 6) is 2.62. The summed E-state index contributed by atoms with van der Waals surface area (Å²) in [7, 11) is -2.60. The van der Waals surface area contributed by atoms with Gasteiger partial charge in [-0.05, 0) is 108 Å². The van der Waals surface area contributed by atoms with Crippen LogP contribution in [0.25, 0.3) is 11.1 Å². The Morgan fingerprint density at radius 1 is 0.438 bits per heavy atom. The molecule has 48 heavy (non-hydrogen) atoms. The monoisotopic (exact) mass is 658 g/mol. The highest BCUT2D eigenvalue weighted by molar-refractivity contribution is 7.73. The van der Waals surface area contributed by atoms with E-state index in [1.807, 2.05) is 121 Å². The minimum atomic E-state index is -2.60. The predicted molar refractivity (Wildman–Crippen MR) is 197 cm³/mol. The molecule has 6 aromatic rings. The van der Waals surface area contributed by atoms with E-state index in [0.29, 0.717) is 47.2 Å². The van der Waals surface area contributed by atoms with Crippen LogP contribution in [0.15, 0.2) is 146 Å². The van der Waals surface area contributed by atoms with Gasteiger partial charge in [0.15, 0.2) is 0 Å². The molecule has 0 bridgehead atoms. The molecule has 0 fully saturated rings. The van der Waals surface area contributed by atoms with E-state index in [0.717, 1.165) is 33.6 Å². The van der Waals surface area contributed by atoms with Gasteiger partial charge >= 0.3 is 0 Å². The summed E-state index contributed by atoms with van der Waals surface area (Å²) in [6.45, 7) is 0. The van der Waals surface area contributed by atoms with Gasteiger partial charge in [0.05, 0.1) is 5.25 Å². The lowest BCUT2D eigenvalue weighted by Gasteiger charge is -2.13. The fraction of sp³-hybridized carbons (Fsp3) is 0.0769. The van der Waals surface area contributed by atoms with Crippen molar-refractivity contribution in [1.82, 2.24) is 0 Å². The number of ether oxygens (including phenoxy) is 2. The molecule has 0 saturated heterocycles. The van der Waals surface area contributed by atoms with Crippen LogP contribution in [0.3, 0.4) is 0 Å². The Labute approximate surface area is 282 Å². The second-order valence-corrected chi connectivity index (χ2v) is 12.5. The Balaban J connectivity index is 0.000000267. The van der Waals surface area contributed by atoms with Crippen LogP contribution >= 0.6 is 0 Å². The lowest BCUT2D eigenvalue weighted by molar-refractivity contribution is 0.482. The van der Waals surface area contributed by atoms with Gasteiger partial charge < -0.3 is 32.4 Å². The lowest BCUT2D eigenvalue weighted by Crippen LogP contribution is -2.16. The SMILES string of the molecule is Nc1ccc(-c2ccc(N)cc2)cc1.Nc1cccc(Oc2ccc(CC(Cc3ccc(Oc4cccc(N)c4)cc3)[SH](=O)=O)cc2)c1.